The minimum absolute atomic E-state index is 0.113. The van der Waals surface area contributed by atoms with Gasteiger partial charge in [-0.1, -0.05) is 11.6 Å². The van der Waals surface area contributed by atoms with E-state index >= 15 is 0 Å². The van der Waals surface area contributed by atoms with Crippen molar-refractivity contribution in [1.82, 2.24) is 4.98 Å². The topological polar surface area (TPSA) is 32.9 Å². The monoisotopic (exact) mass is 275 g/mol. The van der Waals surface area contributed by atoms with Crippen LogP contribution in [0.4, 0.5) is 4.39 Å². The fourth-order valence-corrected chi connectivity index (χ4v) is 1.85. The Hall–Kier alpha value is -0.870. The Labute approximate surface area is 91.8 Å². The minimum atomic E-state index is -0.472. The van der Waals surface area contributed by atoms with Gasteiger partial charge in [-0.3, -0.25) is 4.79 Å². The molecule has 1 N–H and O–H groups in total. The normalized spacial score (nSPS) is 10.8. The van der Waals surface area contributed by atoms with Crippen LogP contribution in [0, 0.1) is 5.82 Å². The van der Waals surface area contributed by atoms with Crippen molar-refractivity contribution in [2.75, 3.05) is 0 Å². The second-order valence-corrected chi connectivity index (χ2v) is 4.04. The summed E-state index contributed by atoms with van der Waals surface area (Å²) in [5, 5.41) is 0.407. The third kappa shape index (κ3) is 1.44. The Morgan fingerprint density at radius 2 is 2.14 bits per heavy atom. The van der Waals surface area contributed by atoms with Gasteiger partial charge in [0, 0.05) is 6.20 Å². The average molecular weight is 276 g/mol. The van der Waals surface area contributed by atoms with E-state index < -0.39 is 5.82 Å². The summed E-state index contributed by atoms with van der Waals surface area (Å²) in [5.41, 5.74) is 0.145. The predicted molar refractivity (Wildman–Crippen MR) is 57.2 cm³/mol. The molecular weight excluding hydrogens is 272 g/mol. The minimum Gasteiger partial charge on any atom is -0.360 e. The number of pyridine rings is 1. The van der Waals surface area contributed by atoms with E-state index in [-0.39, 0.29) is 10.5 Å². The van der Waals surface area contributed by atoms with Gasteiger partial charge in [0.2, 0.25) is 5.43 Å². The fourth-order valence-electron chi connectivity index (χ4n) is 1.24. The molecule has 0 aliphatic heterocycles. The number of nitrogens with one attached hydrogen (secondary N) is 1. The summed E-state index contributed by atoms with van der Waals surface area (Å²) >= 11 is 8.83. The molecule has 0 radical (unpaired) electrons. The number of aromatic nitrogens is 1. The van der Waals surface area contributed by atoms with Crippen molar-refractivity contribution in [1.29, 1.82) is 0 Å². The molecule has 0 bridgehead atoms. The Morgan fingerprint density at radius 3 is 2.86 bits per heavy atom. The van der Waals surface area contributed by atoms with Crippen molar-refractivity contribution < 1.29 is 4.39 Å². The highest BCUT2D eigenvalue weighted by molar-refractivity contribution is 9.10. The largest absolute Gasteiger partial charge is 0.360 e. The van der Waals surface area contributed by atoms with E-state index in [4.69, 9.17) is 11.6 Å². The van der Waals surface area contributed by atoms with E-state index in [2.05, 4.69) is 20.9 Å². The average Bonchev–Trinajstić information content (AvgIpc) is 2.10. The Kier molecular flexibility index (Phi) is 2.33. The molecule has 2 aromatic rings. The molecule has 2 rings (SSSR count). The van der Waals surface area contributed by atoms with Crippen molar-refractivity contribution in [2.45, 2.75) is 0 Å². The van der Waals surface area contributed by atoms with Crippen LogP contribution in [-0.4, -0.2) is 4.98 Å². The fraction of sp³-hybridized carbons (Fsp3) is 0. The van der Waals surface area contributed by atoms with Crippen LogP contribution in [0.3, 0.4) is 0 Å². The second-order valence-electron chi connectivity index (χ2n) is 2.78. The van der Waals surface area contributed by atoms with Crippen LogP contribution in [0.15, 0.2) is 27.6 Å². The summed E-state index contributed by atoms with van der Waals surface area (Å²) in [6.45, 7) is 0. The Morgan fingerprint density at radius 1 is 1.43 bits per heavy atom. The van der Waals surface area contributed by atoms with Crippen LogP contribution >= 0.6 is 27.5 Å². The number of rotatable bonds is 0. The van der Waals surface area contributed by atoms with E-state index in [0.29, 0.717) is 15.4 Å². The quantitative estimate of drug-likeness (QED) is 0.788. The van der Waals surface area contributed by atoms with E-state index in [1.165, 1.54) is 12.3 Å². The summed E-state index contributed by atoms with van der Waals surface area (Å²) in [5.74, 6) is -0.472. The van der Waals surface area contributed by atoms with E-state index in [1.54, 1.807) is 0 Å². The number of hydrogen-bond donors (Lipinski definition) is 1. The maximum absolute atomic E-state index is 12.9. The molecule has 0 atom stereocenters. The first-order valence-corrected chi connectivity index (χ1v) is 4.92. The summed E-state index contributed by atoms with van der Waals surface area (Å²) in [4.78, 5) is 14.4. The van der Waals surface area contributed by atoms with Crippen LogP contribution in [-0.2, 0) is 0 Å². The first-order chi connectivity index (χ1) is 6.59. The number of benzene rings is 1. The van der Waals surface area contributed by atoms with Gasteiger partial charge in [0.15, 0.2) is 0 Å². The van der Waals surface area contributed by atoms with Crippen molar-refractivity contribution >= 4 is 38.4 Å². The molecule has 0 unspecified atom stereocenters. The van der Waals surface area contributed by atoms with Gasteiger partial charge in [-0.2, -0.15) is 0 Å². The first-order valence-electron chi connectivity index (χ1n) is 3.75. The predicted octanol–water partition coefficient (Wildman–Crippen LogP) is 3.08. The Bertz CT molecular complexity index is 566. The summed E-state index contributed by atoms with van der Waals surface area (Å²) < 4.78 is 13.3. The van der Waals surface area contributed by atoms with E-state index in [9.17, 15) is 9.18 Å². The van der Waals surface area contributed by atoms with Gasteiger partial charge in [0.25, 0.3) is 0 Å². The van der Waals surface area contributed by atoms with Gasteiger partial charge in [-0.05, 0) is 28.1 Å². The highest BCUT2D eigenvalue weighted by atomic mass is 79.9. The molecular formula is C9H4BrClFNO. The molecule has 0 spiro atoms. The number of aromatic amines is 1. The molecule has 2 nitrogen and oxygen atoms in total. The number of fused-ring (bicyclic) bond motifs is 1. The van der Waals surface area contributed by atoms with Gasteiger partial charge in [0.05, 0.1) is 20.4 Å². The molecule has 0 saturated carbocycles. The van der Waals surface area contributed by atoms with Crippen molar-refractivity contribution in [2.24, 2.45) is 0 Å². The molecule has 0 aliphatic carbocycles. The lowest BCUT2D eigenvalue weighted by Crippen LogP contribution is -2.04. The molecule has 0 aliphatic rings. The third-order valence-corrected chi connectivity index (χ3v) is 2.74. The molecule has 14 heavy (non-hydrogen) atoms. The first kappa shape index (κ1) is 9.68. The van der Waals surface area contributed by atoms with Crippen molar-refractivity contribution in [3.05, 3.63) is 43.9 Å². The lowest BCUT2D eigenvalue weighted by atomic mass is 10.2. The summed E-state index contributed by atoms with van der Waals surface area (Å²) in [6.07, 6.45) is 1.46. The summed E-state index contributed by atoms with van der Waals surface area (Å²) in [6, 6.07) is 2.35. The lowest BCUT2D eigenvalue weighted by Gasteiger charge is -2.00. The van der Waals surface area contributed by atoms with Crippen LogP contribution in [0.1, 0.15) is 0 Å². The number of hydrogen-bond acceptors (Lipinski definition) is 1. The Balaban J connectivity index is 3.03. The van der Waals surface area contributed by atoms with Gasteiger partial charge >= 0.3 is 0 Å². The lowest BCUT2D eigenvalue weighted by molar-refractivity contribution is 0.629. The maximum Gasteiger partial charge on any atom is 0.205 e. The van der Waals surface area contributed by atoms with Crippen LogP contribution < -0.4 is 5.43 Å². The van der Waals surface area contributed by atoms with Crippen molar-refractivity contribution in [3.63, 3.8) is 0 Å². The van der Waals surface area contributed by atoms with Gasteiger partial charge in [0.1, 0.15) is 5.82 Å². The molecule has 5 heteroatoms. The zero-order valence-electron chi connectivity index (χ0n) is 6.77. The van der Waals surface area contributed by atoms with Crippen LogP contribution in [0.2, 0.25) is 5.02 Å². The summed E-state index contributed by atoms with van der Waals surface area (Å²) in [7, 11) is 0. The molecule has 1 aromatic carbocycles. The van der Waals surface area contributed by atoms with Gasteiger partial charge < -0.3 is 4.98 Å². The zero-order chi connectivity index (χ0) is 10.3. The number of halogens is 3. The van der Waals surface area contributed by atoms with Gasteiger partial charge in [-0.25, -0.2) is 4.39 Å². The zero-order valence-corrected chi connectivity index (χ0v) is 9.12. The molecule has 72 valence electrons. The third-order valence-electron chi connectivity index (χ3n) is 1.85. The molecule has 0 amide bonds. The molecule has 0 fully saturated rings. The van der Waals surface area contributed by atoms with Crippen molar-refractivity contribution in [3.8, 4) is 0 Å². The maximum atomic E-state index is 12.9. The second kappa shape index (κ2) is 3.37. The SMILES string of the molecule is O=c1c(Br)c[nH]c2cc(F)cc(Cl)c12. The smallest absolute Gasteiger partial charge is 0.205 e. The highest BCUT2D eigenvalue weighted by Gasteiger charge is 2.08. The molecule has 1 aromatic heterocycles. The standard InChI is InChI=1S/C9H4BrClFNO/c10-5-3-13-7-2-4(12)1-6(11)8(7)9(5)14/h1-3H,(H,13,14). The molecule has 1 heterocycles. The van der Waals surface area contributed by atoms with E-state index in [0.717, 1.165) is 6.07 Å². The van der Waals surface area contributed by atoms with Crippen LogP contribution in [0.25, 0.3) is 10.9 Å². The van der Waals surface area contributed by atoms with E-state index in [1.807, 2.05) is 0 Å². The van der Waals surface area contributed by atoms with Crippen LogP contribution in [0.5, 0.6) is 0 Å². The molecule has 0 saturated heterocycles. The highest BCUT2D eigenvalue weighted by Crippen LogP contribution is 2.21. The van der Waals surface area contributed by atoms with Gasteiger partial charge in [-0.15, -0.1) is 0 Å². The number of H-pyrrole nitrogens is 1.